The fourth-order valence-electron chi connectivity index (χ4n) is 3.09. The molecule has 152 valence electrons. The summed E-state index contributed by atoms with van der Waals surface area (Å²) < 4.78 is 47.8. The number of nitrogens with zero attached hydrogens (tertiary/aromatic N) is 1. The molecule has 0 saturated carbocycles. The summed E-state index contributed by atoms with van der Waals surface area (Å²) in [6.07, 6.45) is 3.04. The van der Waals surface area contributed by atoms with Crippen LogP contribution in [0.4, 0.5) is 18.9 Å². The number of aryl methyl sites for hydroxylation is 1. The Kier molecular flexibility index (Phi) is 5.18. The molecule has 1 aliphatic rings. The van der Waals surface area contributed by atoms with Crippen LogP contribution < -0.4 is 10.1 Å². The number of ether oxygens (including phenoxy) is 1. The third-order valence-electron chi connectivity index (χ3n) is 4.68. The molecule has 0 bridgehead atoms. The van der Waals surface area contributed by atoms with Gasteiger partial charge in [-0.25, -0.2) is 18.2 Å². The molecule has 0 radical (unpaired) electrons. The molecule has 30 heavy (non-hydrogen) atoms. The van der Waals surface area contributed by atoms with Crippen molar-refractivity contribution in [1.82, 2.24) is 0 Å². The normalized spacial score (nSPS) is 12.3. The average molecular weight is 410 g/mol. The standard InChI is InChI=1S/C23H17F3N2O2/c1-13-9-15(14-3-2-4-17(24)11-14)10-16(23(13)29)12-28-22-18(25)5-6-19(21(22)26)30-20-7-8-27-20/h2-11,28-29H,12H2,1H3. The van der Waals surface area contributed by atoms with Crippen LogP contribution >= 0.6 is 0 Å². The molecule has 4 rings (SSSR count). The van der Waals surface area contributed by atoms with Crippen LogP contribution in [0.25, 0.3) is 11.1 Å². The van der Waals surface area contributed by atoms with Gasteiger partial charge in [-0.2, -0.15) is 0 Å². The van der Waals surface area contributed by atoms with E-state index in [1.807, 2.05) is 0 Å². The molecule has 2 N–H and O–H groups in total. The minimum Gasteiger partial charge on any atom is -0.507 e. The second kappa shape index (κ2) is 7.94. The van der Waals surface area contributed by atoms with E-state index in [0.29, 0.717) is 22.3 Å². The van der Waals surface area contributed by atoms with Crippen molar-refractivity contribution in [3.05, 3.63) is 89.4 Å². The number of halogens is 3. The van der Waals surface area contributed by atoms with Crippen molar-refractivity contribution in [2.45, 2.75) is 13.5 Å². The molecule has 1 heterocycles. The van der Waals surface area contributed by atoms with Gasteiger partial charge < -0.3 is 15.2 Å². The summed E-state index contributed by atoms with van der Waals surface area (Å²) in [6.45, 7) is 1.64. The van der Waals surface area contributed by atoms with Gasteiger partial charge >= 0.3 is 0 Å². The molecule has 0 aromatic heterocycles. The lowest BCUT2D eigenvalue weighted by molar-refractivity contribution is 0.464. The van der Waals surface area contributed by atoms with Crippen molar-refractivity contribution in [3.8, 4) is 22.6 Å². The maximum atomic E-state index is 14.7. The molecular formula is C23H17F3N2O2. The molecule has 7 heteroatoms. The van der Waals surface area contributed by atoms with Gasteiger partial charge in [-0.15, -0.1) is 0 Å². The zero-order valence-corrected chi connectivity index (χ0v) is 15.9. The number of benzene rings is 3. The van der Waals surface area contributed by atoms with E-state index >= 15 is 0 Å². The largest absolute Gasteiger partial charge is 0.507 e. The molecule has 3 aromatic rings. The second-order valence-electron chi connectivity index (χ2n) is 6.78. The number of hydrogen-bond donors (Lipinski definition) is 2. The highest BCUT2D eigenvalue weighted by atomic mass is 19.1. The maximum Gasteiger partial charge on any atom is 0.220 e. The fourth-order valence-corrected chi connectivity index (χ4v) is 3.09. The Hall–Kier alpha value is -3.74. The first-order valence-electron chi connectivity index (χ1n) is 9.15. The van der Waals surface area contributed by atoms with Crippen LogP contribution in [0.1, 0.15) is 11.1 Å². The van der Waals surface area contributed by atoms with Gasteiger partial charge in [-0.1, -0.05) is 12.1 Å². The number of hydrogen-bond acceptors (Lipinski definition) is 4. The molecule has 0 fully saturated rings. The van der Waals surface area contributed by atoms with Crippen molar-refractivity contribution in [2.24, 2.45) is 4.99 Å². The molecule has 0 saturated heterocycles. The van der Waals surface area contributed by atoms with E-state index in [2.05, 4.69) is 10.3 Å². The predicted octanol–water partition coefficient (Wildman–Crippen LogP) is 5.70. The smallest absolute Gasteiger partial charge is 0.220 e. The van der Waals surface area contributed by atoms with Crippen LogP contribution in [0.2, 0.25) is 0 Å². The van der Waals surface area contributed by atoms with E-state index < -0.39 is 11.6 Å². The van der Waals surface area contributed by atoms with Crippen molar-refractivity contribution in [2.75, 3.05) is 5.32 Å². The Balaban J connectivity index is 1.61. The van der Waals surface area contributed by atoms with Gasteiger partial charge in [0.1, 0.15) is 23.1 Å². The summed E-state index contributed by atoms with van der Waals surface area (Å²) in [6, 6.07) is 11.7. The van der Waals surface area contributed by atoms with Crippen molar-refractivity contribution < 1.29 is 23.0 Å². The first-order chi connectivity index (χ1) is 14.4. The lowest BCUT2D eigenvalue weighted by atomic mass is 9.99. The number of phenols is 1. The van der Waals surface area contributed by atoms with Crippen molar-refractivity contribution >= 4 is 11.6 Å². The predicted molar refractivity (Wildman–Crippen MR) is 109 cm³/mol. The number of phenolic OH excluding ortho intramolecular Hbond substituents is 1. The Labute approximate surface area is 171 Å². The highest BCUT2D eigenvalue weighted by Gasteiger charge is 2.18. The van der Waals surface area contributed by atoms with E-state index in [0.717, 1.165) is 6.07 Å². The van der Waals surface area contributed by atoms with Gasteiger partial charge in [0.15, 0.2) is 11.6 Å². The van der Waals surface area contributed by atoms with E-state index in [-0.39, 0.29) is 35.4 Å². The summed E-state index contributed by atoms with van der Waals surface area (Å²) in [7, 11) is 0. The van der Waals surface area contributed by atoms with Crippen LogP contribution in [0, 0.1) is 24.4 Å². The van der Waals surface area contributed by atoms with Crippen LogP contribution in [0.15, 0.2) is 65.8 Å². The van der Waals surface area contributed by atoms with E-state index in [1.54, 1.807) is 37.3 Å². The molecule has 0 amide bonds. The summed E-state index contributed by atoms with van der Waals surface area (Å²) in [4.78, 5) is 3.79. The number of anilines is 1. The number of aliphatic imine (C=N–C) groups is 1. The van der Waals surface area contributed by atoms with Crippen LogP contribution in [-0.2, 0) is 6.54 Å². The quantitative estimate of drug-likeness (QED) is 0.567. The van der Waals surface area contributed by atoms with Gasteiger partial charge in [0.2, 0.25) is 5.90 Å². The summed E-state index contributed by atoms with van der Waals surface area (Å²) in [5, 5.41) is 13.1. The highest BCUT2D eigenvalue weighted by Crippen LogP contribution is 2.33. The zero-order chi connectivity index (χ0) is 21.3. The Morgan fingerprint density at radius 2 is 1.83 bits per heavy atom. The van der Waals surface area contributed by atoms with Crippen molar-refractivity contribution in [1.29, 1.82) is 0 Å². The first kappa shape index (κ1) is 19.6. The Morgan fingerprint density at radius 1 is 1.03 bits per heavy atom. The summed E-state index contributed by atoms with van der Waals surface area (Å²) in [5.41, 5.74) is 1.88. The first-order valence-corrected chi connectivity index (χ1v) is 9.15. The molecular weight excluding hydrogens is 393 g/mol. The monoisotopic (exact) mass is 410 g/mol. The minimum absolute atomic E-state index is 0.00941. The van der Waals surface area contributed by atoms with Gasteiger partial charge in [0.05, 0.1) is 0 Å². The molecule has 0 unspecified atom stereocenters. The topological polar surface area (TPSA) is 53.8 Å². The number of rotatable bonds is 5. The highest BCUT2D eigenvalue weighted by molar-refractivity contribution is 5.94. The molecule has 4 nitrogen and oxygen atoms in total. The van der Waals surface area contributed by atoms with Crippen molar-refractivity contribution in [3.63, 3.8) is 0 Å². The lowest BCUT2D eigenvalue weighted by Crippen LogP contribution is -2.12. The SMILES string of the molecule is Cc1cc(-c2cccc(F)c2)cc(CNc2c(F)ccc(OC3=NC=C3)c2F)c1O. The zero-order valence-electron chi connectivity index (χ0n) is 15.9. The van der Waals surface area contributed by atoms with Gasteiger partial charge in [0, 0.05) is 24.4 Å². The number of nitrogens with one attached hydrogen (secondary N) is 1. The van der Waals surface area contributed by atoms with E-state index in [4.69, 9.17) is 4.74 Å². The average Bonchev–Trinajstić information content (AvgIpc) is 2.68. The molecule has 3 aromatic carbocycles. The van der Waals surface area contributed by atoms with E-state index in [9.17, 15) is 18.3 Å². The van der Waals surface area contributed by atoms with Gasteiger partial charge in [0.25, 0.3) is 0 Å². The fraction of sp³-hybridized carbons (Fsp3) is 0.0870. The summed E-state index contributed by atoms with van der Waals surface area (Å²) >= 11 is 0. The minimum atomic E-state index is -0.907. The van der Waals surface area contributed by atoms with Gasteiger partial charge in [-0.3, -0.25) is 0 Å². The van der Waals surface area contributed by atoms with Gasteiger partial charge in [-0.05, 0) is 60.0 Å². The number of aromatic hydroxyl groups is 1. The molecule has 0 aliphatic carbocycles. The Morgan fingerprint density at radius 3 is 2.53 bits per heavy atom. The molecule has 0 spiro atoms. The Bertz CT molecular complexity index is 1190. The third-order valence-corrected chi connectivity index (χ3v) is 4.68. The van der Waals surface area contributed by atoms with Crippen LogP contribution in [0.3, 0.4) is 0 Å². The third kappa shape index (κ3) is 3.87. The van der Waals surface area contributed by atoms with E-state index in [1.165, 1.54) is 24.4 Å². The van der Waals surface area contributed by atoms with Crippen LogP contribution in [-0.4, -0.2) is 11.0 Å². The van der Waals surface area contributed by atoms with Crippen LogP contribution in [0.5, 0.6) is 11.5 Å². The molecule has 1 aliphatic heterocycles. The molecule has 0 atom stereocenters. The second-order valence-corrected chi connectivity index (χ2v) is 6.78. The lowest BCUT2D eigenvalue weighted by Gasteiger charge is -2.15. The maximum absolute atomic E-state index is 14.7. The summed E-state index contributed by atoms with van der Waals surface area (Å²) in [5.74, 6) is -2.05.